The topological polar surface area (TPSA) is 58.6 Å². The number of carbonyl (C=O) groups is 1. The smallest absolute Gasteiger partial charge is 0.407 e. The predicted molar refractivity (Wildman–Crippen MR) is 68.6 cm³/mol. The molecule has 0 aromatic heterocycles. The minimum Gasteiger partial charge on any atom is -0.505 e. The van der Waals surface area contributed by atoms with E-state index in [2.05, 4.69) is 5.32 Å². The molecule has 1 aromatic carbocycles. The van der Waals surface area contributed by atoms with Crippen LogP contribution in [0, 0.1) is 5.82 Å². The van der Waals surface area contributed by atoms with Crippen LogP contribution in [-0.2, 0) is 17.6 Å². The number of benzene rings is 1. The van der Waals surface area contributed by atoms with E-state index in [1.807, 2.05) is 0 Å². The van der Waals surface area contributed by atoms with Crippen LogP contribution in [0.2, 0.25) is 0 Å². The highest BCUT2D eigenvalue weighted by molar-refractivity contribution is 5.68. The molecule has 0 bridgehead atoms. The fourth-order valence-corrected chi connectivity index (χ4v) is 2.22. The lowest BCUT2D eigenvalue weighted by atomic mass is 10.1. The van der Waals surface area contributed by atoms with Gasteiger partial charge in [0, 0.05) is 6.04 Å². The third kappa shape index (κ3) is 3.16. The van der Waals surface area contributed by atoms with Gasteiger partial charge in [-0.25, -0.2) is 9.18 Å². The molecule has 5 heteroatoms. The molecule has 2 N–H and O–H groups in total. The van der Waals surface area contributed by atoms with Gasteiger partial charge in [-0.15, -0.1) is 0 Å². The maximum Gasteiger partial charge on any atom is 0.407 e. The lowest BCUT2D eigenvalue weighted by Gasteiger charge is -2.21. The van der Waals surface area contributed by atoms with Gasteiger partial charge in [0.15, 0.2) is 11.6 Å². The highest BCUT2D eigenvalue weighted by Gasteiger charge is 2.28. The van der Waals surface area contributed by atoms with Crippen molar-refractivity contribution in [3.63, 3.8) is 0 Å². The van der Waals surface area contributed by atoms with E-state index in [1.165, 1.54) is 6.07 Å². The fourth-order valence-electron chi connectivity index (χ4n) is 2.22. The summed E-state index contributed by atoms with van der Waals surface area (Å²) in [5.74, 6) is -0.942. The van der Waals surface area contributed by atoms with Crippen molar-refractivity contribution in [3.8, 4) is 5.75 Å². The van der Waals surface area contributed by atoms with Gasteiger partial charge in [0.2, 0.25) is 0 Å². The summed E-state index contributed by atoms with van der Waals surface area (Å²) in [7, 11) is 0. The Morgan fingerprint density at radius 3 is 2.74 bits per heavy atom. The molecular weight excluding hydrogens is 249 g/mol. The number of hydrogen-bond acceptors (Lipinski definition) is 3. The molecule has 0 radical (unpaired) electrons. The fraction of sp³-hybridized carbons (Fsp3) is 0.500. The van der Waals surface area contributed by atoms with Crippen molar-refractivity contribution in [2.45, 2.75) is 45.3 Å². The van der Waals surface area contributed by atoms with Crippen LogP contribution in [0.5, 0.6) is 5.75 Å². The van der Waals surface area contributed by atoms with E-state index in [0.717, 1.165) is 5.56 Å². The molecule has 19 heavy (non-hydrogen) atoms. The Bertz CT molecular complexity index is 508. The summed E-state index contributed by atoms with van der Waals surface area (Å²) in [6.45, 7) is 5.36. The largest absolute Gasteiger partial charge is 0.505 e. The third-order valence-corrected chi connectivity index (χ3v) is 2.96. The summed E-state index contributed by atoms with van der Waals surface area (Å²) in [6.07, 6.45) is 0.413. The first-order valence-electron chi connectivity index (χ1n) is 6.25. The third-order valence-electron chi connectivity index (χ3n) is 2.96. The first-order valence-corrected chi connectivity index (χ1v) is 6.25. The van der Waals surface area contributed by atoms with Gasteiger partial charge in [-0.05, 0) is 50.8 Å². The molecule has 0 fully saturated rings. The second-order valence-electron chi connectivity index (χ2n) is 5.79. The zero-order valence-corrected chi connectivity index (χ0v) is 11.3. The van der Waals surface area contributed by atoms with Crippen molar-refractivity contribution < 1.29 is 19.0 Å². The molecule has 104 valence electrons. The van der Waals surface area contributed by atoms with Crippen LogP contribution in [-0.4, -0.2) is 22.8 Å². The Hall–Kier alpha value is -1.78. The van der Waals surface area contributed by atoms with Crippen molar-refractivity contribution in [1.29, 1.82) is 0 Å². The van der Waals surface area contributed by atoms with Crippen LogP contribution in [0.25, 0.3) is 0 Å². The van der Waals surface area contributed by atoms with Crippen LogP contribution in [0.3, 0.4) is 0 Å². The first-order chi connectivity index (χ1) is 8.76. The molecule has 1 aromatic rings. The maximum atomic E-state index is 13.7. The van der Waals surface area contributed by atoms with E-state index in [4.69, 9.17) is 4.74 Å². The highest BCUT2D eigenvalue weighted by atomic mass is 19.1. The zero-order chi connectivity index (χ0) is 14.2. The highest BCUT2D eigenvalue weighted by Crippen LogP contribution is 2.30. The number of alkyl carbamates (subject to hydrolysis) is 1. The number of hydrogen-bond donors (Lipinski definition) is 2. The molecule has 1 atom stereocenters. The van der Waals surface area contributed by atoms with Crippen molar-refractivity contribution in [2.75, 3.05) is 0 Å². The van der Waals surface area contributed by atoms with Gasteiger partial charge in [-0.2, -0.15) is 0 Å². The number of aromatic hydroxyl groups is 1. The van der Waals surface area contributed by atoms with Gasteiger partial charge in [0.05, 0.1) is 0 Å². The molecule has 0 heterocycles. The maximum absolute atomic E-state index is 13.7. The van der Waals surface area contributed by atoms with Gasteiger partial charge in [-0.3, -0.25) is 0 Å². The molecule has 0 aliphatic heterocycles. The molecule has 2 rings (SSSR count). The SMILES string of the molecule is CC(C)(C)OC(=O)NC1Cc2ccc(O)c(F)c2C1. The monoisotopic (exact) mass is 267 g/mol. The molecule has 1 aliphatic rings. The number of carbonyl (C=O) groups excluding carboxylic acids is 1. The molecular formula is C14H18FNO3. The van der Waals surface area contributed by atoms with E-state index in [1.54, 1.807) is 26.8 Å². The van der Waals surface area contributed by atoms with E-state index >= 15 is 0 Å². The van der Waals surface area contributed by atoms with Gasteiger partial charge in [0.1, 0.15) is 5.60 Å². The number of fused-ring (bicyclic) bond motifs is 1. The summed E-state index contributed by atoms with van der Waals surface area (Å²) in [4.78, 5) is 11.6. The Kier molecular flexibility index (Phi) is 3.39. The Labute approximate surface area is 111 Å². The molecule has 0 saturated carbocycles. The molecule has 0 saturated heterocycles. The number of phenolic OH excluding ortho intramolecular Hbond substituents is 1. The minimum atomic E-state index is -0.592. The first kappa shape index (κ1) is 13.6. The molecule has 1 amide bonds. The normalized spacial score (nSPS) is 18.0. The lowest BCUT2D eigenvalue weighted by Crippen LogP contribution is -2.39. The van der Waals surface area contributed by atoms with Gasteiger partial charge in [-0.1, -0.05) is 6.07 Å². The van der Waals surface area contributed by atoms with Gasteiger partial charge >= 0.3 is 6.09 Å². The zero-order valence-electron chi connectivity index (χ0n) is 11.3. The summed E-state index contributed by atoms with van der Waals surface area (Å²) in [5.41, 5.74) is 0.733. The van der Waals surface area contributed by atoms with E-state index in [0.29, 0.717) is 18.4 Å². The average molecular weight is 267 g/mol. The summed E-state index contributed by atoms with van der Waals surface area (Å²) in [5, 5.41) is 12.0. The Balaban J connectivity index is 2.01. The van der Waals surface area contributed by atoms with Crippen LogP contribution < -0.4 is 5.32 Å². The van der Waals surface area contributed by atoms with E-state index in [9.17, 15) is 14.3 Å². The second kappa shape index (κ2) is 4.72. The number of phenols is 1. The van der Waals surface area contributed by atoms with Crippen LogP contribution in [0.15, 0.2) is 12.1 Å². The summed E-state index contributed by atoms with van der Waals surface area (Å²) < 4.78 is 18.9. The lowest BCUT2D eigenvalue weighted by molar-refractivity contribution is 0.0506. The van der Waals surface area contributed by atoms with Crippen LogP contribution >= 0.6 is 0 Å². The van der Waals surface area contributed by atoms with Crippen molar-refractivity contribution in [1.82, 2.24) is 5.32 Å². The molecule has 4 nitrogen and oxygen atoms in total. The number of amides is 1. The number of rotatable bonds is 1. The quantitative estimate of drug-likeness (QED) is 0.822. The van der Waals surface area contributed by atoms with Crippen molar-refractivity contribution >= 4 is 6.09 Å². The molecule has 0 spiro atoms. The van der Waals surface area contributed by atoms with Crippen LogP contribution in [0.1, 0.15) is 31.9 Å². The number of ether oxygens (including phenoxy) is 1. The van der Waals surface area contributed by atoms with E-state index < -0.39 is 17.5 Å². The van der Waals surface area contributed by atoms with Crippen molar-refractivity contribution in [3.05, 3.63) is 29.1 Å². The van der Waals surface area contributed by atoms with Crippen LogP contribution in [0.4, 0.5) is 9.18 Å². The summed E-state index contributed by atoms with van der Waals surface area (Å²) >= 11 is 0. The molecule has 1 aliphatic carbocycles. The van der Waals surface area contributed by atoms with Gasteiger partial charge < -0.3 is 15.2 Å². The number of halogens is 1. The standard InChI is InChI=1S/C14H18FNO3/c1-14(2,3)19-13(18)16-9-6-8-4-5-11(17)12(15)10(8)7-9/h4-5,9,17H,6-7H2,1-3H3,(H,16,18). The number of nitrogens with one attached hydrogen (secondary N) is 1. The van der Waals surface area contributed by atoms with Crippen molar-refractivity contribution in [2.24, 2.45) is 0 Å². The predicted octanol–water partition coefficient (Wildman–Crippen LogP) is 2.52. The minimum absolute atomic E-state index is 0.193. The average Bonchev–Trinajstić information content (AvgIpc) is 2.64. The second-order valence-corrected chi connectivity index (χ2v) is 5.79. The summed E-state index contributed by atoms with van der Waals surface area (Å²) in [6, 6.07) is 2.83. The Morgan fingerprint density at radius 2 is 2.11 bits per heavy atom. The van der Waals surface area contributed by atoms with E-state index in [-0.39, 0.29) is 11.8 Å². The van der Waals surface area contributed by atoms with Gasteiger partial charge in [0.25, 0.3) is 0 Å². The molecule has 1 unspecified atom stereocenters. The Morgan fingerprint density at radius 1 is 1.42 bits per heavy atom.